The molecule has 3 aromatic rings. The van der Waals surface area contributed by atoms with Gasteiger partial charge in [0.15, 0.2) is 0 Å². The Labute approximate surface area is 201 Å². The molecule has 0 aromatic heterocycles. The van der Waals surface area contributed by atoms with Crippen LogP contribution in [0.1, 0.15) is 12.0 Å². The molecule has 2 amide bonds. The smallest absolute Gasteiger partial charge is 0.268 e. The second-order valence-corrected chi connectivity index (χ2v) is 9.91. The van der Waals surface area contributed by atoms with Gasteiger partial charge in [-0.25, -0.2) is 8.42 Å². The number of nitrogens with one attached hydrogen (secondary N) is 2. The zero-order valence-corrected chi connectivity index (χ0v) is 19.5. The number of nitrogens with zero attached hydrogens (tertiary/aromatic N) is 1. The van der Waals surface area contributed by atoms with Crippen LogP contribution in [0.2, 0.25) is 10.0 Å². The number of hydrogen-bond acceptors (Lipinski definition) is 4. The molecule has 3 aromatic carbocycles. The van der Waals surface area contributed by atoms with Crippen LogP contribution in [-0.2, 0) is 26.2 Å². The molecule has 0 aliphatic carbocycles. The van der Waals surface area contributed by atoms with E-state index in [2.05, 4.69) is 10.6 Å². The predicted molar refractivity (Wildman–Crippen MR) is 128 cm³/mol. The van der Waals surface area contributed by atoms with Crippen molar-refractivity contribution in [3.63, 3.8) is 0 Å². The maximum Gasteiger partial charge on any atom is 0.268 e. The van der Waals surface area contributed by atoms with Crippen LogP contribution in [-0.4, -0.2) is 26.3 Å². The third-order valence-electron chi connectivity index (χ3n) is 5.13. The van der Waals surface area contributed by atoms with Crippen LogP contribution in [0.25, 0.3) is 0 Å². The summed E-state index contributed by atoms with van der Waals surface area (Å²) in [6.07, 6.45) is -0.395. The van der Waals surface area contributed by atoms with Crippen molar-refractivity contribution >= 4 is 56.4 Å². The number of para-hydroxylation sites is 2. The number of carbonyl (C=O) groups excluding carboxylic acids is 2. The summed E-state index contributed by atoms with van der Waals surface area (Å²) in [6, 6.07) is 18.7. The Hall–Kier alpha value is -3.07. The van der Waals surface area contributed by atoms with Crippen molar-refractivity contribution in [3.05, 3.63) is 88.4 Å². The number of amides is 2. The van der Waals surface area contributed by atoms with Gasteiger partial charge in [0.25, 0.3) is 10.0 Å². The van der Waals surface area contributed by atoms with Gasteiger partial charge in [-0.3, -0.25) is 13.9 Å². The molecule has 170 valence electrons. The molecule has 10 heteroatoms. The minimum atomic E-state index is -4.40. The predicted octanol–water partition coefficient (Wildman–Crippen LogP) is 4.22. The van der Waals surface area contributed by atoms with Crippen LogP contribution in [0.5, 0.6) is 0 Å². The minimum absolute atomic E-state index is 0.0850. The van der Waals surface area contributed by atoms with Gasteiger partial charge in [0, 0.05) is 6.54 Å². The number of carbonyl (C=O) groups is 2. The highest BCUT2D eigenvalue weighted by molar-refractivity contribution is 7.93. The summed E-state index contributed by atoms with van der Waals surface area (Å²) in [7, 11) is -4.40. The molecule has 1 aliphatic rings. The Morgan fingerprint density at radius 3 is 2.27 bits per heavy atom. The molecule has 0 saturated heterocycles. The second-order valence-electron chi connectivity index (χ2n) is 7.34. The Morgan fingerprint density at radius 2 is 1.58 bits per heavy atom. The summed E-state index contributed by atoms with van der Waals surface area (Å²) in [5, 5.41) is 5.24. The zero-order chi connectivity index (χ0) is 23.6. The molecule has 1 aliphatic heterocycles. The van der Waals surface area contributed by atoms with Crippen LogP contribution >= 0.6 is 23.2 Å². The standard InChI is InChI=1S/C23H19Cl2N3O4S/c24-16-9-6-10-17(25)22(16)33(31,32)28-19-12-5-4-11-18(19)27-23(30)20(28)13-21(29)26-14-15-7-2-1-3-8-15/h1-12,20H,13-14H2,(H,26,29)(H,27,30). The van der Waals surface area contributed by atoms with Gasteiger partial charge < -0.3 is 10.6 Å². The van der Waals surface area contributed by atoms with Crippen molar-refractivity contribution in [2.45, 2.75) is 23.9 Å². The number of fused-ring (bicyclic) bond motifs is 1. The van der Waals surface area contributed by atoms with Gasteiger partial charge in [0.05, 0.1) is 27.8 Å². The van der Waals surface area contributed by atoms with E-state index in [1.54, 1.807) is 24.3 Å². The minimum Gasteiger partial charge on any atom is -0.352 e. The lowest BCUT2D eigenvalue weighted by Crippen LogP contribution is -2.52. The van der Waals surface area contributed by atoms with E-state index in [-0.39, 0.29) is 27.2 Å². The van der Waals surface area contributed by atoms with Crippen LogP contribution in [0, 0.1) is 0 Å². The fourth-order valence-electron chi connectivity index (χ4n) is 3.61. The normalized spacial score (nSPS) is 15.5. The maximum absolute atomic E-state index is 13.8. The largest absolute Gasteiger partial charge is 0.352 e. The average Bonchev–Trinajstić information content (AvgIpc) is 2.78. The molecular weight excluding hydrogens is 485 g/mol. The molecule has 1 unspecified atom stereocenters. The quantitative estimate of drug-likeness (QED) is 0.526. The molecule has 33 heavy (non-hydrogen) atoms. The first-order valence-corrected chi connectivity index (χ1v) is 12.2. The van der Waals surface area contributed by atoms with Crippen molar-refractivity contribution in [2.24, 2.45) is 0 Å². The second kappa shape index (κ2) is 9.43. The van der Waals surface area contributed by atoms with E-state index in [1.807, 2.05) is 30.3 Å². The highest BCUT2D eigenvalue weighted by Crippen LogP contribution is 2.40. The Kier molecular flexibility index (Phi) is 6.60. The fourth-order valence-corrected chi connectivity index (χ4v) is 6.34. The van der Waals surface area contributed by atoms with E-state index in [4.69, 9.17) is 23.2 Å². The van der Waals surface area contributed by atoms with Crippen molar-refractivity contribution in [2.75, 3.05) is 9.62 Å². The molecule has 1 heterocycles. The lowest BCUT2D eigenvalue weighted by atomic mass is 10.1. The molecule has 1 atom stereocenters. The third kappa shape index (κ3) is 4.68. The zero-order valence-electron chi connectivity index (χ0n) is 17.2. The van der Waals surface area contributed by atoms with Crippen molar-refractivity contribution in [1.82, 2.24) is 5.32 Å². The molecular formula is C23H19Cl2N3O4S. The first kappa shape index (κ1) is 23.1. The topological polar surface area (TPSA) is 95.6 Å². The first-order valence-electron chi connectivity index (χ1n) is 9.98. The molecule has 7 nitrogen and oxygen atoms in total. The van der Waals surface area contributed by atoms with Crippen molar-refractivity contribution < 1.29 is 18.0 Å². The lowest BCUT2D eigenvalue weighted by Gasteiger charge is -2.37. The van der Waals surface area contributed by atoms with Gasteiger partial charge in [0.2, 0.25) is 11.8 Å². The van der Waals surface area contributed by atoms with E-state index in [9.17, 15) is 18.0 Å². The Bertz CT molecular complexity index is 1300. The highest BCUT2D eigenvalue weighted by Gasteiger charge is 2.43. The first-order chi connectivity index (χ1) is 15.8. The number of sulfonamides is 1. The SMILES string of the molecule is O=C(CC1C(=O)Nc2ccccc2N1S(=O)(=O)c1c(Cl)cccc1Cl)NCc1ccccc1. The van der Waals surface area contributed by atoms with E-state index in [0.717, 1.165) is 9.87 Å². The van der Waals surface area contributed by atoms with Crippen LogP contribution in [0.15, 0.2) is 77.7 Å². The van der Waals surface area contributed by atoms with Gasteiger partial charge in [-0.2, -0.15) is 0 Å². The molecule has 2 N–H and O–H groups in total. The number of halogens is 2. The molecule has 4 rings (SSSR count). The third-order valence-corrected chi connectivity index (χ3v) is 7.91. The molecule has 0 bridgehead atoms. The highest BCUT2D eigenvalue weighted by atomic mass is 35.5. The maximum atomic E-state index is 13.8. The van der Waals surface area contributed by atoms with Gasteiger partial charge in [-0.15, -0.1) is 0 Å². The summed E-state index contributed by atoms with van der Waals surface area (Å²) in [4.78, 5) is 25.4. The molecule has 0 fully saturated rings. The summed E-state index contributed by atoms with van der Waals surface area (Å²) >= 11 is 12.4. The van der Waals surface area contributed by atoms with Gasteiger partial charge in [-0.05, 0) is 29.8 Å². The number of anilines is 2. The summed E-state index contributed by atoms with van der Waals surface area (Å²) in [5.41, 5.74) is 1.39. The molecule has 0 saturated carbocycles. The average molecular weight is 504 g/mol. The van der Waals surface area contributed by atoms with Gasteiger partial charge in [-0.1, -0.05) is 71.7 Å². The summed E-state index contributed by atoms with van der Waals surface area (Å²) < 4.78 is 28.4. The van der Waals surface area contributed by atoms with E-state index in [1.165, 1.54) is 18.2 Å². The van der Waals surface area contributed by atoms with Crippen LogP contribution in [0.3, 0.4) is 0 Å². The molecule has 0 radical (unpaired) electrons. The van der Waals surface area contributed by atoms with Crippen molar-refractivity contribution in [3.8, 4) is 0 Å². The monoisotopic (exact) mass is 503 g/mol. The number of hydrogen-bond donors (Lipinski definition) is 2. The number of benzene rings is 3. The Morgan fingerprint density at radius 1 is 0.939 bits per heavy atom. The fraction of sp³-hybridized carbons (Fsp3) is 0.130. The van der Waals surface area contributed by atoms with Gasteiger partial charge in [0.1, 0.15) is 10.9 Å². The van der Waals surface area contributed by atoms with E-state index < -0.39 is 34.3 Å². The van der Waals surface area contributed by atoms with Gasteiger partial charge >= 0.3 is 0 Å². The Balaban J connectivity index is 1.71. The van der Waals surface area contributed by atoms with E-state index in [0.29, 0.717) is 5.69 Å². The van der Waals surface area contributed by atoms with Crippen LogP contribution in [0.4, 0.5) is 11.4 Å². The molecule has 0 spiro atoms. The summed E-state index contributed by atoms with van der Waals surface area (Å²) in [6.45, 7) is 0.244. The lowest BCUT2D eigenvalue weighted by molar-refractivity contribution is -0.125. The number of rotatable bonds is 6. The van der Waals surface area contributed by atoms with E-state index >= 15 is 0 Å². The van der Waals surface area contributed by atoms with Crippen molar-refractivity contribution in [1.29, 1.82) is 0 Å². The van der Waals surface area contributed by atoms with Crippen LogP contribution < -0.4 is 14.9 Å². The summed E-state index contributed by atoms with van der Waals surface area (Å²) in [5.74, 6) is -1.11.